The van der Waals surface area contributed by atoms with E-state index in [1.54, 1.807) is 12.1 Å². The van der Waals surface area contributed by atoms with Crippen molar-refractivity contribution in [2.45, 2.75) is 0 Å². The monoisotopic (exact) mass is 169 g/mol. The van der Waals surface area contributed by atoms with Crippen molar-refractivity contribution < 1.29 is 14.9 Å². The van der Waals surface area contributed by atoms with Gasteiger partial charge in [-0.25, -0.2) is 0 Å². The molecule has 0 atom stereocenters. The topological polar surface area (TPSA) is 75.7 Å². The van der Waals surface area contributed by atoms with E-state index in [4.69, 9.17) is 15.6 Å². The molecule has 66 valence electrons. The van der Waals surface area contributed by atoms with E-state index in [9.17, 15) is 5.11 Å². The van der Waals surface area contributed by atoms with Crippen LogP contribution >= 0.6 is 0 Å². The maximum absolute atomic E-state index is 9.23. The van der Waals surface area contributed by atoms with Gasteiger partial charge in [0.25, 0.3) is 0 Å². The van der Waals surface area contributed by atoms with Gasteiger partial charge in [-0.2, -0.15) is 0 Å². The second kappa shape index (κ2) is 3.82. The fraction of sp³-hybridized carbons (Fsp3) is 0.250. The molecule has 0 spiro atoms. The van der Waals surface area contributed by atoms with Crippen molar-refractivity contribution in [1.29, 1.82) is 0 Å². The Morgan fingerprint density at radius 1 is 1.42 bits per heavy atom. The molecule has 4 heteroatoms. The highest BCUT2D eigenvalue weighted by molar-refractivity contribution is 5.59. The number of hydrogen-bond acceptors (Lipinski definition) is 4. The van der Waals surface area contributed by atoms with Crippen molar-refractivity contribution >= 4 is 5.69 Å². The summed E-state index contributed by atoms with van der Waals surface area (Å²) in [5, 5.41) is 17.7. The van der Waals surface area contributed by atoms with Crippen LogP contribution < -0.4 is 10.5 Å². The van der Waals surface area contributed by atoms with Crippen LogP contribution in [0.1, 0.15) is 0 Å². The number of aliphatic hydroxyl groups excluding tert-OH is 1. The Labute approximate surface area is 70.2 Å². The number of aromatic hydroxyl groups is 1. The molecule has 0 bridgehead atoms. The first-order valence-electron chi connectivity index (χ1n) is 3.57. The molecular weight excluding hydrogens is 158 g/mol. The van der Waals surface area contributed by atoms with Crippen LogP contribution in [0.25, 0.3) is 0 Å². The third kappa shape index (κ3) is 1.79. The first-order chi connectivity index (χ1) is 5.75. The van der Waals surface area contributed by atoms with Crippen LogP contribution in [0.4, 0.5) is 5.69 Å². The predicted octanol–water partition coefficient (Wildman–Crippen LogP) is 0.346. The lowest BCUT2D eigenvalue weighted by atomic mass is 10.3. The minimum absolute atomic E-state index is 0.0107. The molecule has 0 heterocycles. The summed E-state index contributed by atoms with van der Waals surface area (Å²) in [7, 11) is 0. The van der Waals surface area contributed by atoms with Crippen LogP contribution in [0.5, 0.6) is 11.5 Å². The number of rotatable bonds is 3. The summed E-state index contributed by atoms with van der Waals surface area (Å²) in [6.45, 7) is 0.0234. The minimum Gasteiger partial charge on any atom is -0.504 e. The van der Waals surface area contributed by atoms with Crippen LogP contribution in [0.2, 0.25) is 0 Å². The Morgan fingerprint density at radius 3 is 2.75 bits per heavy atom. The van der Waals surface area contributed by atoms with E-state index >= 15 is 0 Å². The number of ether oxygens (including phenoxy) is 1. The summed E-state index contributed by atoms with van der Waals surface area (Å²) in [6, 6.07) is 4.71. The summed E-state index contributed by atoms with van der Waals surface area (Å²) in [6.07, 6.45) is 0. The molecule has 1 aromatic rings. The fourth-order valence-corrected chi connectivity index (χ4v) is 0.847. The number of para-hydroxylation sites is 1. The van der Waals surface area contributed by atoms with Gasteiger partial charge in [0.2, 0.25) is 0 Å². The van der Waals surface area contributed by atoms with Crippen molar-refractivity contribution in [3.63, 3.8) is 0 Å². The van der Waals surface area contributed by atoms with Gasteiger partial charge in [0.05, 0.1) is 12.3 Å². The van der Waals surface area contributed by atoms with Gasteiger partial charge in [0.15, 0.2) is 11.5 Å². The van der Waals surface area contributed by atoms with Gasteiger partial charge >= 0.3 is 0 Å². The van der Waals surface area contributed by atoms with E-state index in [1.807, 2.05) is 0 Å². The van der Waals surface area contributed by atoms with Gasteiger partial charge in [-0.05, 0) is 12.1 Å². The van der Waals surface area contributed by atoms with Crippen molar-refractivity contribution in [3.05, 3.63) is 18.2 Å². The van der Waals surface area contributed by atoms with Crippen LogP contribution in [0, 0.1) is 0 Å². The molecule has 4 nitrogen and oxygen atoms in total. The normalized spacial score (nSPS) is 9.75. The smallest absolute Gasteiger partial charge is 0.183 e. The number of phenols is 1. The third-order valence-corrected chi connectivity index (χ3v) is 1.36. The molecule has 12 heavy (non-hydrogen) atoms. The average Bonchev–Trinajstić information content (AvgIpc) is 2.04. The maximum Gasteiger partial charge on any atom is 0.183 e. The number of anilines is 1. The van der Waals surface area contributed by atoms with Gasteiger partial charge in [0.1, 0.15) is 6.61 Å². The summed E-state index contributed by atoms with van der Waals surface area (Å²) < 4.78 is 4.99. The third-order valence-electron chi connectivity index (χ3n) is 1.36. The van der Waals surface area contributed by atoms with Gasteiger partial charge in [-0.15, -0.1) is 0 Å². The Hall–Kier alpha value is -1.42. The zero-order valence-electron chi connectivity index (χ0n) is 6.53. The number of phenolic OH excluding ortho intramolecular Hbond substituents is 1. The number of nitrogens with two attached hydrogens (primary N) is 1. The zero-order valence-corrected chi connectivity index (χ0v) is 6.53. The van der Waals surface area contributed by atoms with E-state index < -0.39 is 0 Å². The molecule has 4 N–H and O–H groups in total. The Kier molecular flexibility index (Phi) is 2.76. The van der Waals surface area contributed by atoms with Crippen molar-refractivity contribution in [2.24, 2.45) is 0 Å². The maximum atomic E-state index is 9.23. The molecule has 0 amide bonds. The summed E-state index contributed by atoms with van der Waals surface area (Å²) in [4.78, 5) is 0. The Bertz CT molecular complexity index is 242. The summed E-state index contributed by atoms with van der Waals surface area (Å²) >= 11 is 0. The summed E-state index contributed by atoms with van der Waals surface area (Å²) in [5.41, 5.74) is 5.86. The lowest BCUT2D eigenvalue weighted by Crippen LogP contribution is -2.03. The number of benzene rings is 1. The van der Waals surface area contributed by atoms with Gasteiger partial charge in [-0.3, -0.25) is 0 Å². The number of aliphatic hydroxyl groups is 1. The van der Waals surface area contributed by atoms with Crippen molar-refractivity contribution in [3.8, 4) is 11.5 Å². The Morgan fingerprint density at radius 2 is 2.17 bits per heavy atom. The quantitative estimate of drug-likeness (QED) is 0.570. The Balaban J connectivity index is 2.81. The highest BCUT2D eigenvalue weighted by Gasteiger charge is 2.04. The highest BCUT2D eigenvalue weighted by atomic mass is 16.5. The van der Waals surface area contributed by atoms with Crippen LogP contribution in [0.15, 0.2) is 18.2 Å². The first-order valence-corrected chi connectivity index (χ1v) is 3.57. The molecule has 1 rings (SSSR count). The van der Waals surface area contributed by atoms with E-state index in [2.05, 4.69) is 0 Å². The molecular formula is C8H11NO3. The van der Waals surface area contributed by atoms with E-state index in [0.29, 0.717) is 5.69 Å². The van der Waals surface area contributed by atoms with Gasteiger partial charge in [0, 0.05) is 0 Å². The van der Waals surface area contributed by atoms with Crippen LogP contribution in [0.3, 0.4) is 0 Å². The van der Waals surface area contributed by atoms with Gasteiger partial charge < -0.3 is 20.7 Å². The molecule has 0 aliphatic heterocycles. The second-order valence-corrected chi connectivity index (χ2v) is 2.27. The SMILES string of the molecule is Nc1cccc(O)c1OCCO. The van der Waals surface area contributed by atoms with Gasteiger partial charge in [-0.1, -0.05) is 6.07 Å². The first kappa shape index (κ1) is 8.67. The second-order valence-electron chi connectivity index (χ2n) is 2.27. The largest absolute Gasteiger partial charge is 0.504 e. The molecule has 0 unspecified atom stereocenters. The van der Waals surface area contributed by atoms with Crippen molar-refractivity contribution in [1.82, 2.24) is 0 Å². The van der Waals surface area contributed by atoms with Crippen molar-refractivity contribution in [2.75, 3.05) is 18.9 Å². The highest BCUT2D eigenvalue weighted by Crippen LogP contribution is 2.31. The number of nitrogen functional groups attached to an aromatic ring is 1. The molecule has 0 fully saturated rings. The molecule has 0 aliphatic carbocycles. The standard InChI is InChI=1S/C8H11NO3/c9-6-2-1-3-7(11)8(6)12-5-4-10/h1-3,10-11H,4-5,9H2. The molecule has 0 saturated carbocycles. The lowest BCUT2D eigenvalue weighted by Gasteiger charge is -2.08. The molecule has 0 aliphatic rings. The lowest BCUT2D eigenvalue weighted by molar-refractivity contribution is 0.198. The summed E-state index contributed by atoms with van der Waals surface area (Å²) in [5.74, 6) is 0.218. The fourth-order valence-electron chi connectivity index (χ4n) is 0.847. The molecule has 1 aromatic carbocycles. The van der Waals surface area contributed by atoms with Crippen LogP contribution in [-0.4, -0.2) is 23.4 Å². The molecule has 0 saturated heterocycles. The number of hydrogen-bond donors (Lipinski definition) is 3. The minimum atomic E-state index is -0.103. The molecule has 0 radical (unpaired) electrons. The predicted molar refractivity (Wildman–Crippen MR) is 45.1 cm³/mol. The van der Waals surface area contributed by atoms with E-state index in [0.717, 1.165) is 0 Å². The van der Waals surface area contributed by atoms with Crippen LogP contribution in [-0.2, 0) is 0 Å². The van der Waals surface area contributed by atoms with E-state index in [-0.39, 0.29) is 24.7 Å². The zero-order chi connectivity index (χ0) is 8.97. The van der Waals surface area contributed by atoms with E-state index in [1.165, 1.54) is 6.07 Å². The average molecular weight is 169 g/mol. The molecule has 0 aromatic heterocycles.